The minimum Gasteiger partial charge on any atom is -0.293 e. The predicted octanol–water partition coefficient (Wildman–Crippen LogP) is 3.15. The van der Waals surface area contributed by atoms with Crippen molar-refractivity contribution in [2.75, 3.05) is 0 Å². The van der Waals surface area contributed by atoms with E-state index in [2.05, 4.69) is 0 Å². The van der Waals surface area contributed by atoms with Crippen LogP contribution < -0.4 is 0 Å². The summed E-state index contributed by atoms with van der Waals surface area (Å²) >= 11 is 11.3. The highest BCUT2D eigenvalue weighted by atomic mass is 35.5. The molecule has 0 aliphatic heterocycles. The molecule has 12 heavy (non-hydrogen) atoms. The van der Waals surface area contributed by atoms with E-state index >= 15 is 0 Å². The third-order valence-electron chi connectivity index (χ3n) is 1.49. The fourth-order valence-electron chi connectivity index (χ4n) is 0.844. The minimum atomic E-state index is -0.480. The van der Waals surface area contributed by atoms with Crippen LogP contribution in [0.15, 0.2) is 24.3 Å². The maximum absolute atomic E-state index is 11.3. The Morgan fingerprint density at radius 2 is 1.83 bits per heavy atom. The topological polar surface area (TPSA) is 17.1 Å². The number of hydrogen-bond donors (Lipinski definition) is 0. The molecule has 0 heterocycles. The Balaban J connectivity index is 2.90. The molecule has 0 saturated heterocycles. The number of alkyl halides is 1. The highest BCUT2D eigenvalue weighted by Crippen LogP contribution is 2.12. The summed E-state index contributed by atoms with van der Waals surface area (Å²) in [6.45, 7) is 1.65. The first-order valence-corrected chi connectivity index (χ1v) is 4.36. The van der Waals surface area contributed by atoms with Crippen molar-refractivity contribution in [3.8, 4) is 0 Å². The molecule has 1 atom stereocenters. The molecule has 0 aromatic heterocycles. The van der Waals surface area contributed by atoms with Gasteiger partial charge in [0.15, 0.2) is 5.78 Å². The summed E-state index contributed by atoms with van der Waals surface area (Å²) in [5, 5.41) is 0.139. The van der Waals surface area contributed by atoms with Gasteiger partial charge in [0.25, 0.3) is 0 Å². The summed E-state index contributed by atoms with van der Waals surface area (Å²) in [5.41, 5.74) is 0.599. The molecule has 1 unspecified atom stereocenters. The molecular weight excluding hydrogens is 195 g/mol. The van der Waals surface area contributed by atoms with Crippen LogP contribution >= 0.6 is 23.2 Å². The summed E-state index contributed by atoms with van der Waals surface area (Å²) in [5.74, 6) is -0.0756. The minimum absolute atomic E-state index is 0.0756. The lowest BCUT2D eigenvalue weighted by atomic mass is 10.1. The van der Waals surface area contributed by atoms with Crippen molar-refractivity contribution in [2.45, 2.75) is 12.3 Å². The molecular formula is C9H8Cl2O. The lowest BCUT2D eigenvalue weighted by Gasteiger charge is -2.01. The zero-order valence-corrected chi connectivity index (χ0v) is 8.06. The van der Waals surface area contributed by atoms with Gasteiger partial charge in [-0.25, -0.2) is 0 Å². The maximum atomic E-state index is 11.3. The first kappa shape index (κ1) is 9.56. The van der Waals surface area contributed by atoms with E-state index in [1.165, 1.54) is 0 Å². The zero-order valence-electron chi connectivity index (χ0n) is 6.55. The van der Waals surface area contributed by atoms with Crippen LogP contribution in [-0.2, 0) is 0 Å². The largest absolute Gasteiger partial charge is 0.293 e. The van der Waals surface area contributed by atoms with E-state index in [1.54, 1.807) is 31.2 Å². The Morgan fingerprint density at radius 1 is 1.33 bits per heavy atom. The van der Waals surface area contributed by atoms with E-state index in [4.69, 9.17) is 23.2 Å². The summed E-state index contributed by atoms with van der Waals surface area (Å²) in [6.07, 6.45) is 0. The Hall–Kier alpha value is -0.530. The van der Waals surface area contributed by atoms with Gasteiger partial charge in [0.05, 0.1) is 5.38 Å². The van der Waals surface area contributed by atoms with E-state index < -0.39 is 5.38 Å². The van der Waals surface area contributed by atoms with Crippen molar-refractivity contribution in [1.82, 2.24) is 0 Å². The molecule has 0 spiro atoms. The van der Waals surface area contributed by atoms with E-state index in [1.807, 2.05) is 0 Å². The first-order chi connectivity index (χ1) is 5.61. The van der Waals surface area contributed by atoms with Crippen LogP contribution in [0.5, 0.6) is 0 Å². The molecule has 0 bridgehead atoms. The third-order valence-corrected chi connectivity index (χ3v) is 1.94. The monoisotopic (exact) mass is 202 g/mol. The second-order valence-electron chi connectivity index (χ2n) is 2.49. The fraction of sp³-hybridized carbons (Fsp3) is 0.222. The molecule has 1 rings (SSSR count). The number of carbonyl (C=O) groups excluding carboxylic acids is 1. The van der Waals surface area contributed by atoms with E-state index in [0.29, 0.717) is 10.6 Å². The number of Topliss-reactive ketones (excluding diaryl/α,β-unsaturated/α-hetero) is 1. The van der Waals surface area contributed by atoms with Crippen LogP contribution in [0.4, 0.5) is 0 Å². The first-order valence-electron chi connectivity index (χ1n) is 3.55. The van der Waals surface area contributed by atoms with E-state index in [-0.39, 0.29) is 5.78 Å². The van der Waals surface area contributed by atoms with Crippen molar-refractivity contribution in [3.05, 3.63) is 34.9 Å². The molecule has 0 aliphatic carbocycles. The number of benzene rings is 1. The normalized spacial score (nSPS) is 12.6. The molecule has 0 amide bonds. The fourth-order valence-corrected chi connectivity index (χ4v) is 1.10. The SMILES string of the molecule is CC(Cl)C(=O)c1ccc(Cl)cc1. The molecule has 0 aliphatic rings. The number of ketones is 1. The molecule has 1 aromatic carbocycles. The molecule has 0 N–H and O–H groups in total. The Morgan fingerprint density at radius 3 is 2.25 bits per heavy atom. The van der Waals surface area contributed by atoms with E-state index in [0.717, 1.165) is 0 Å². The van der Waals surface area contributed by atoms with Crippen molar-refractivity contribution in [2.24, 2.45) is 0 Å². The molecule has 64 valence electrons. The van der Waals surface area contributed by atoms with Crippen molar-refractivity contribution in [1.29, 1.82) is 0 Å². The average molecular weight is 203 g/mol. The van der Waals surface area contributed by atoms with Gasteiger partial charge in [-0.3, -0.25) is 4.79 Å². The van der Waals surface area contributed by atoms with Crippen LogP contribution in [0.3, 0.4) is 0 Å². The van der Waals surface area contributed by atoms with Crippen molar-refractivity contribution in [3.63, 3.8) is 0 Å². The summed E-state index contributed by atoms with van der Waals surface area (Å²) in [6, 6.07) is 6.69. The van der Waals surface area contributed by atoms with Crippen LogP contribution in [0, 0.1) is 0 Å². The molecule has 0 saturated carbocycles. The van der Waals surface area contributed by atoms with Gasteiger partial charge < -0.3 is 0 Å². The molecule has 1 aromatic rings. The summed E-state index contributed by atoms with van der Waals surface area (Å²) in [7, 11) is 0. The number of halogens is 2. The second kappa shape index (κ2) is 3.92. The summed E-state index contributed by atoms with van der Waals surface area (Å²) in [4.78, 5) is 11.3. The zero-order chi connectivity index (χ0) is 9.14. The van der Waals surface area contributed by atoms with Gasteiger partial charge in [-0.15, -0.1) is 11.6 Å². The Kier molecular flexibility index (Phi) is 3.12. The van der Waals surface area contributed by atoms with Crippen molar-refractivity contribution >= 4 is 29.0 Å². The summed E-state index contributed by atoms with van der Waals surface area (Å²) < 4.78 is 0. The lowest BCUT2D eigenvalue weighted by molar-refractivity contribution is 0.0992. The van der Waals surface area contributed by atoms with Gasteiger partial charge in [0.1, 0.15) is 0 Å². The number of carbonyl (C=O) groups is 1. The van der Waals surface area contributed by atoms with Crippen LogP contribution in [0.2, 0.25) is 5.02 Å². The quantitative estimate of drug-likeness (QED) is 0.533. The lowest BCUT2D eigenvalue weighted by Crippen LogP contribution is -2.09. The third kappa shape index (κ3) is 2.23. The smallest absolute Gasteiger partial charge is 0.180 e. The molecule has 0 fully saturated rings. The predicted molar refractivity (Wildman–Crippen MR) is 51.1 cm³/mol. The second-order valence-corrected chi connectivity index (χ2v) is 3.58. The van der Waals surface area contributed by atoms with E-state index in [9.17, 15) is 4.79 Å². The van der Waals surface area contributed by atoms with Crippen LogP contribution in [-0.4, -0.2) is 11.2 Å². The number of rotatable bonds is 2. The Bertz CT molecular complexity index is 277. The Labute approximate surface area is 81.3 Å². The van der Waals surface area contributed by atoms with Gasteiger partial charge in [0, 0.05) is 10.6 Å². The maximum Gasteiger partial charge on any atom is 0.180 e. The standard InChI is InChI=1S/C9H8Cl2O/c1-6(10)9(12)7-2-4-8(11)5-3-7/h2-6H,1H3. The molecule has 1 nitrogen and oxygen atoms in total. The highest BCUT2D eigenvalue weighted by molar-refractivity contribution is 6.34. The van der Waals surface area contributed by atoms with Gasteiger partial charge >= 0.3 is 0 Å². The van der Waals surface area contributed by atoms with Gasteiger partial charge in [-0.2, -0.15) is 0 Å². The average Bonchev–Trinajstić information content (AvgIpc) is 2.04. The van der Waals surface area contributed by atoms with Gasteiger partial charge in [-0.1, -0.05) is 11.6 Å². The van der Waals surface area contributed by atoms with Gasteiger partial charge in [-0.05, 0) is 31.2 Å². The molecule has 3 heteroatoms. The van der Waals surface area contributed by atoms with Gasteiger partial charge in [0.2, 0.25) is 0 Å². The van der Waals surface area contributed by atoms with Crippen LogP contribution in [0.25, 0.3) is 0 Å². The highest BCUT2D eigenvalue weighted by Gasteiger charge is 2.10. The molecule has 0 radical (unpaired) electrons. The number of hydrogen-bond acceptors (Lipinski definition) is 1. The van der Waals surface area contributed by atoms with Crippen LogP contribution in [0.1, 0.15) is 17.3 Å². The van der Waals surface area contributed by atoms with Crippen molar-refractivity contribution < 1.29 is 4.79 Å².